The first kappa shape index (κ1) is 11.1. The Hall–Kier alpha value is -1.71. The summed E-state index contributed by atoms with van der Waals surface area (Å²) in [6, 6.07) is 5.96. The van der Waals surface area contributed by atoms with E-state index in [1.54, 1.807) is 0 Å². The number of carbonyl (C=O) groups excluding carboxylic acids is 1. The smallest absolute Gasteiger partial charge is 0.254 e. The Morgan fingerprint density at radius 2 is 1.95 bits per heavy atom. The number of carbonyl (C=O) groups is 1. The molecule has 0 N–H and O–H groups in total. The van der Waals surface area contributed by atoms with Gasteiger partial charge in [0.1, 0.15) is 0 Å². The van der Waals surface area contributed by atoms with Crippen LogP contribution in [0.1, 0.15) is 36.0 Å². The molecule has 4 rings (SSSR count). The molecule has 1 aromatic carbocycles. The van der Waals surface area contributed by atoms with Crippen molar-refractivity contribution in [3.63, 3.8) is 0 Å². The van der Waals surface area contributed by atoms with Crippen LogP contribution < -0.4 is 9.47 Å². The van der Waals surface area contributed by atoms with Crippen LogP contribution >= 0.6 is 0 Å². The van der Waals surface area contributed by atoms with E-state index in [-0.39, 0.29) is 12.7 Å². The molecule has 100 valence electrons. The molecule has 3 aliphatic rings. The second-order valence-corrected chi connectivity index (χ2v) is 5.70. The molecule has 0 saturated heterocycles. The summed E-state index contributed by atoms with van der Waals surface area (Å²) in [4.78, 5) is 14.7. The minimum absolute atomic E-state index is 0.146. The van der Waals surface area contributed by atoms with Crippen LogP contribution in [0.3, 0.4) is 0 Å². The number of rotatable bonds is 4. The van der Waals surface area contributed by atoms with Gasteiger partial charge in [0.25, 0.3) is 5.91 Å². The topological polar surface area (TPSA) is 38.8 Å². The van der Waals surface area contributed by atoms with Crippen molar-refractivity contribution >= 4 is 5.91 Å². The van der Waals surface area contributed by atoms with Gasteiger partial charge in [-0.25, -0.2) is 0 Å². The Bertz CT molecular complexity index is 520. The summed E-state index contributed by atoms with van der Waals surface area (Å²) in [5.41, 5.74) is 0.719. The lowest BCUT2D eigenvalue weighted by molar-refractivity contribution is 0.0734. The summed E-state index contributed by atoms with van der Waals surface area (Å²) in [6.07, 6.45) is 4.86. The van der Waals surface area contributed by atoms with E-state index in [1.807, 2.05) is 18.2 Å². The summed E-state index contributed by atoms with van der Waals surface area (Å²) in [6.45, 7) is 1.18. The lowest BCUT2D eigenvalue weighted by Gasteiger charge is -2.22. The third-order valence-electron chi connectivity index (χ3n) is 4.02. The Labute approximate surface area is 112 Å². The van der Waals surface area contributed by atoms with E-state index in [0.717, 1.165) is 36.6 Å². The average molecular weight is 259 g/mol. The minimum Gasteiger partial charge on any atom is -0.454 e. The fourth-order valence-corrected chi connectivity index (χ4v) is 2.56. The van der Waals surface area contributed by atoms with E-state index in [0.29, 0.717) is 11.8 Å². The molecule has 2 saturated carbocycles. The fraction of sp³-hybridized carbons (Fsp3) is 0.533. The lowest BCUT2D eigenvalue weighted by Crippen LogP contribution is -2.34. The molecular weight excluding hydrogens is 242 g/mol. The van der Waals surface area contributed by atoms with Gasteiger partial charge >= 0.3 is 0 Å². The first-order valence-corrected chi connectivity index (χ1v) is 7.02. The second kappa shape index (κ2) is 4.15. The fourth-order valence-electron chi connectivity index (χ4n) is 2.56. The van der Waals surface area contributed by atoms with Gasteiger partial charge in [0.15, 0.2) is 11.5 Å². The van der Waals surface area contributed by atoms with Crippen molar-refractivity contribution in [2.75, 3.05) is 13.3 Å². The summed E-state index contributed by atoms with van der Waals surface area (Å²) in [5.74, 6) is 2.30. The first-order chi connectivity index (χ1) is 9.31. The highest BCUT2D eigenvalue weighted by Crippen LogP contribution is 2.37. The molecule has 4 nitrogen and oxygen atoms in total. The third kappa shape index (κ3) is 2.15. The minimum atomic E-state index is 0.146. The van der Waals surface area contributed by atoms with Gasteiger partial charge in [0.05, 0.1) is 0 Å². The largest absolute Gasteiger partial charge is 0.454 e. The molecule has 1 aromatic rings. The molecule has 0 atom stereocenters. The predicted octanol–water partition coefficient (Wildman–Crippen LogP) is 2.43. The van der Waals surface area contributed by atoms with Crippen molar-refractivity contribution < 1.29 is 14.3 Å². The lowest BCUT2D eigenvalue weighted by atomic mass is 10.1. The van der Waals surface area contributed by atoms with Crippen molar-refractivity contribution in [3.05, 3.63) is 23.8 Å². The number of ether oxygens (including phenoxy) is 2. The van der Waals surface area contributed by atoms with E-state index in [1.165, 1.54) is 12.8 Å². The molecule has 19 heavy (non-hydrogen) atoms. The van der Waals surface area contributed by atoms with Gasteiger partial charge in [0.2, 0.25) is 6.79 Å². The standard InChI is InChI=1S/C15H17NO3/c17-15(16(12-4-5-12)8-10-1-2-10)11-3-6-13-14(7-11)19-9-18-13/h3,6-7,10,12H,1-2,4-5,8-9H2. The Kier molecular flexibility index (Phi) is 2.43. The van der Waals surface area contributed by atoms with Gasteiger partial charge in [-0.2, -0.15) is 0 Å². The van der Waals surface area contributed by atoms with Crippen LogP contribution in [0.5, 0.6) is 11.5 Å². The van der Waals surface area contributed by atoms with E-state index in [4.69, 9.17) is 9.47 Å². The molecule has 0 bridgehead atoms. The molecule has 2 fully saturated rings. The van der Waals surface area contributed by atoms with Crippen molar-refractivity contribution in [1.82, 2.24) is 4.90 Å². The second-order valence-electron chi connectivity index (χ2n) is 5.70. The van der Waals surface area contributed by atoms with E-state index in [2.05, 4.69) is 4.90 Å². The van der Waals surface area contributed by atoms with Crippen LogP contribution in [0.15, 0.2) is 18.2 Å². The molecule has 0 radical (unpaired) electrons. The predicted molar refractivity (Wildman–Crippen MR) is 69.3 cm³/mol. The van der Waals surface area contributed by atoms with Gasteiger partial charge in [-0.05, 0) is 49.8 Å². The zero-order valence-electron chi connectivity index (χ0n) is 10.8. The maximum atomic E-state index is 12.6. The highest BCUT2D eigenvalue weighted by atomic mass is 16.7. The van der Waals surface area contributed by atoms with Crippen molar-refractivity contribution in [3.8, 4) is 11.5 Å². The van der Waals surface area contributed by atoms with Crippen LogP contribution in [0.2, 0.25) is 0 Å². The SMILES string of the molecule is O=C(c1ccc2c(c1)OCO2)N(CC1CC1)C1CC1. The molecule has 0 unspecified atom stereocenters. The number of nitrogens with zero attached hydrogens (tertiary/aromatic N) is 1. The van der Waals surface area contributed by atoms with Crippen molar-refractivity contribution in [2.24, 2.45) is 5.92 Å². The van der Waals surface area contributed by atoms with Crippen LogP contribution in [-0.2, 0) is 0 Å². The van der Waals surface area contributed by atoms with Crippen LogP contribution in [0.25, 0.3) is 0 Å². The summed E-state index contributed by atoms with van der Waals surface area (Å²) < 4.78 is 10.6. The molecular formula is C15H17NO3. The average Bonchev–Trinajstić information content (AvgIpc) is 3.33. The van der Waals surface area contributed by atoms with Gasteiger partial charge in [-0.3, -0.25) is 4.79 Å². The van der Waals surface area contributed by atoms with E-state index in [9.17, 15) is 4.79 Å². The third-order valence-corrected chi connectivity index (χ3v) is 4.02. The molecule has 1 aliphatic heterocycles. The van der Waals surface area contributed by atoms with Crippen LogP contribution in [0, 0.1) is 5.92 Å². The normalized spacial score (nSPS) is 20.4. The summed E-state index contributed by atoms with van der Waals surface area (Å²) in [7, 11) is 0. The Morgan fingerprint density at radius 1 is 1.16 bits per heavy atom. The van der Waals surface area contributed by atoms with E-state index >= 15 is 0 Å². The molecule has 1 heterocycles. The van der Waals surface area contributed by atoms with Crippen LogP contribution in [0.4, 0.5) is 0 Å². The molecule has 2 aliphatic carbocycles. The number of amides is 1. The van der Waals surface area contributed by atoms with Gasteiger partial charge in [-0.15, -0.1) is 0 Å². The molecule has 4 heteroatoms. The summed E-state index contributed by atoms with van der Waals surface area (Å²) in [5, 5.41) is 0. The Morgan fingerprint density at radius 3 is 2.68 bits per heavy atom. The van der Waals surface area contributed by atoms with Gasteiger partial charge < -0.3 is 14.4 Å². The monoisotopic (exact) mass is 259 g/mol. The molecule has 0 aromatic heterocycles. The number of hydrogen-bond donors (Lipinski definition) is 0. The van der Waals surface area contributed by atoms with Crippen molar-refractivity contribution in [2.45, 2.75) is 31.7 Å². The Balaban J connectivity index is 1.57. The number of fused-ring (bicyclic) bond motifs is 1. The molecule has 0 spiro atoms. The highest BCUT2D eigenvalue weighted by Gasteiger charge is 2.37. The van der Waals surface area contributed by atoms with E-state index < -0.39 is 0 Å². The van der Waals surface area contributed by atoms with Crippen molar-refractivity contribution in [1.29, 1.82) is 0 Å². The number of benzene rings is 1. The van der Waals surface area contributed by atoms with Gasteiger partial charge in [0, 0.05) is 18.2 Å². The zero-order valence-corrected chi connectivity index (χ0v) is 10.8. The van der Waals surface area contributed by atoms with Crippen LogP contribution in [-0.4, -0.2) is 30.2 Å². The van der Waals surface area contributed by atoms with Gasteiger partial charge in [-0.1, -0.05) is 0 Å². The maximum absolute atomic E-state index is 12.6. The highest BCUT2D eigenvalue weighted by molar-refractivity contribution is 5.95. The number of hydrogen-bond acceptors (Lipinski definition) is 3. The first-order valence-electron chi connectivity index (χ1n) is 7.02. The summed E-state index contributed by atoms with van der Waals surface area (Å²) >= 11 is 0. The zero-order chi connectivity index (χ0) is 12.8. The molecule has 1 amide bonds. The quantitative estimate of drug-likeness (QED) is 0.833. The maximum Gasteiger partial charge on any atom is 0.254 e.